The molecule has 150 valence electrons. The number of benzene rings is 1. The highest BCUT2D eigenvalue weighted by molar-refractivity contribution is 5.49. The second-order valence-corrected chi connectivity index (χ2v) is 8.24. The van der Waals surface area contributed by atoms with Gasteiger partial charge in [0.25, 0.3) is 0 Å². The minimum Gasteiger partial charge on any atom is -0.253 e. The van der Waals surface area contributed by atoms with Crippen LogP contribution in [-0.2, 0) is 6.18 Å². The van der Waals surface area contributed by atoms with Gasteiger partial charge in [0.1, 0.15) is 11.5 Å². The third kappa shape index (κ3) is 3.54. The zero-order valence-electron chi connectivity index (χ0n) is 15.9. The predicted molar refractivity (Wildman–Crippen MR) is 102 cm³/mol. The van der Waals surface area contributed by atoms with Gasteiger partial charge in [-0.2, -0.15) is 13.2 Å². The van der Waals surface area contributed by atoms with Crippen molar-refractivity contribution in [3.8, 4) is 17.2 Å². The molecule has 1 aromatic carbocycles. The Morgan fingerprint density at radius 3 is 2.41 bits per heavy atom. The summed E-state index contributed by atoms with van der Waals surface area (Å²) in [7, 11) is 0. The van der Waals surface area contributed by atoms with Crippen LogP contribution < -0.4 is 0 Å². The fourth-order valence-corrected chi connectivity index (χ4v) is 4.36. The summed E-state index contributed by atoms with van der Waals surface area (Å²) in [6.07, 6.45) is 4.19. The third-order valence-electron chi connectivity index (χ3n) is 6.31. The maximum atomic E-state index is 13.2. The van der Waals surface area contributed by atoms with E-state index in [0.717, 1.165) is 43.6 Å². The Labute approximate surface area is 166 Å². The zero-order chi connectivity index (χ0) is 20.1. The highest BCUT2D eigenvalue weighted by Gasteiger charge is 2.45. The van der Waals surface area contributed by atoms with E-state index in [1.807, 2.05) is 18.2 Å². The summed E-state index contributed by atoms with van der Waals surface area (Å²) < 4.78 is 41.3. The van der Waals surface area contributed by atoms with Crippen molar-refractivity contribution in [1.29, 1.82) is 0 Å². The van der Waals surface area contributed by atoms with E-state index in [-0.39, 0.29) is 5.92 Å². The van der Waals surface area contributed by atoms with Crippen LogP contribution in [0.3, 0.4) is 0 Å². The lowest BCUT2D eigenvalue weighted by atomic mass is 9.79. The van der Waals surface area contributed by atoms with Crippen molar-refractivity contribution in [2.45, 2.75) is 50.6 Å². The highest BCUT2D eigenvalue weighted by atomic mass is 19.4. The molecule has 0 amide bonds. The molecule has 2 aromatic heterocycles. The molecule has 2 saturated carbocycles. The van der Waals surface area contributed by atoms with Crippen molar-refractivity contribution in [3.63, 3.8) is 0 Å². The standard InChI is InChI=1S/C22H21F3N4/c23-22(24,25)16-4-3-5-17(14-16)29-20(15-7-9-21(10-8-15)11-12-21)27-19(28-29)18-6-1-2-13-26-18/h1-6,13-15H,7-12H2. The lowest BCUT2D eigenvalue weighted by molar-refractivity contribution is -0.137. The average molecular weight is 398 g/mol. The maximum absolute atomic E-state index is 13.2. The van der Waals surface area contributed by atoms with Gasteiger partial charge in [-0.3, -0.25) is 4.98 Å². The number of pyridine rings is 1. The van der Waals surface area contributed by atoms with Crippen molar-refractivity contribution in [2.75, 3.05) is 0 Å². The fraction of sp³-hybridized carbons (Fsp3) is 0.409. The van der Waals surface area contributed by atoms with E-state index in [1.165, 1.54) is 18.9 Å². The predicted octanol–water partition coefficient (Wildman–Crippen LogP) is 5.79. The molecule has 2 aliphatic carbocycles. The first kappa shape index (κ1) is 18.3. The molecule has 0 atom stereocenters. The van der Waals surface area contributed by atoms with Gasteiger partial charge in [-0.25, -0.2) is 9.67 Å². The molecule has 0 saturated heterocycles. The molecule has 5 rings (SSSR count). The molecule has 2 fully saturated rings. The second kappa shape index (κ2) is 6.68. The van der Waals surface area contributed by atoms with Gasteiger partial charge in [0, 0.05) is 12.1 Å². The number of alkyl halides is 3. The van der Waals surface area contributed by atoms with Crippen molar-refractivity contribution < 1.29 is 13.2 Å². The largest absolute Gasteiger partial charge is 0.416 e. The quantitative estimate of drug-likeness (QED) is 0.561. The number of aromatic nitrogens is 4. The lowest BCUT2D eigenvalue weighted by Gasteiger charge is -2.28. The molecule has 1 spiro atoms. The topological polar surface area (TPSA) is 43.6 Å². The normalized spacial score (nSPS) is 18.9. The summed E-state index contributed by atoms with van der Waals surface area (Å²) in [4.78, 5) is 9.06. The Balaban J connectivity index is 1.57. The summed E-state index contributed by atoms with van der Waals surface area (Å²) in [6, 6.07) is 10.8. The SMILES string of the molecule is FC(F)(F)c1cccc(-n2nc(-c3ccccn3)nc2C2CCC3(CC2)CC3)c1. The van der Waals surface area contributed by atoms with Crippen LogP contribution in [0.4, 0.5) is 13.2 Å². The van der Waals surface area contributed by atoms with E-state index in [1.54, 1.807) is 16.9 Å². The van der Waals surface area contributed by atoms with Crippen LogP contribution in [0.15, 0.2) is 48.7 Å². The summed E-state index contributed by atoms with van der Waals surface area (Å²) in [5.74, 6) is 1.38. The lowest BCUT2D eigenvalue weighted by Crippen LogP contribution is -2.17. The van der Waals surface area contributed by atoms with Gasteiger partial charge in [-0.15, -0.1) is 5.10 Å². The van der Waals surface area contributed by atoms with Gasteiger partial charge in [0.05, 0.1) is 11.3 Å². The Kier molecular flexibility index (Phi) is 4.22. The number of rotatable bonds is 3. The highest BCUT2D eigenvalue weighted by Crippen LogP contribution is 2.58. The molecule has 0 unspecified atom stereocenters. The number of hydrogen-bond donors (Lipinski definition) is 0. The van der Waals surface area contributed by atoms with Crippen LogP contribution in [0, 0.1) is 5.41 Å². The summed E-state index contributed by atoms with van der Waals surface area (Å²) in [5, 5.41) is 4.58. The summed E-state index contributed by atoms with van der Waals surface area (Å²) >= 11 is 0. The number of nitrogens with zero attached hydrogens (tertiary/aromatic N) is 4. The Hall–Kier alpha value is -2.70. The van der Waals surface area contributed by atoms with Gasteiger partial charge in [-0.05, 0) is 74.3 Å². The molecule has 29 heavy (non-hydrogen) atoms. The van der Waals surface area contributed by atoms with Crippen molar-refractivity contribution in [1.82, 2.24) is 19.7 Å². The first-order valence-corrected chi connectivity index (χ1v) is 10.00. The van der Waals surface area contributed by atoms with Crippen LogP contribution in [-0.4, -0.2) is 19.7 Å². The van der Waals surface area contributed by atoms with E-state index in [9.17, 15) is 13.2 Å². The van der Waals surface area contributed by atoms with Gasteiger partial charge >= 0.3 is 6.18 Å². The molecular weight excluding hydrogens is 377 g/mol. The molecule has 0 bridgehead atoms. The minimum atomic E-state index is -4.40. The Morgan fingerprint density at radius 1 is 0.966 bits per heavy atom. The van der Waals surface area contributed by atoms with Crippen LogP contribution >= 0.6 is 0 Å². The van der Waals surface area contributed by atoms with E-state index >= 15 is 0 Å². The Bertz CT molecular complexity index is 1010. The van der Waals surface area contributed by atoms with E-state index in [4.69, 9.17) is 4.98 Å². The summed E-state index contributed by atoms with van der Waals surface area (Å²) in [6.45, 7) is 0. The molecule has 7 heteroatoms. The van der Waals surface area contributed by atoms with Crippen molar-refractivity contribution >= 4 is 0 Å². The minimum absolute atomic E-state index is 0.195. The van der Waals surface area contributed by atoms with Crippen LogP contribution in [0.2, 0.25) is 0 Å². The van der Waals surface area contributed by atoms with Gasteiger partial charge in [0.2, 0.25) is 0 Å². The second-order valence-electron chi connectivity index (χ2n) is 8.24. The maximum Gasteiger partial charge on any atom is 0.416 e. The van der Waals surface area contributed by atoms with Crippen LogP contribution in [0.5, 0.6) is 0 Å². The molecule has 2 aliphatic rings. The van der Waals surface area contributed by atoms with Crippen molar-refractivity contribution in [2.24, 2.45) is 5.41 Å². The molecule has 4 nitrogen and oxygen atoms in total. The van der Waals surface area contributed by atoms with E-state index in [2.05, 4.69) is 10.1 Å². The fourth-order valence-electron chi connectivity index (χ4n) is 4.36. The van der Waals surface area contributed by atoms with Gasteiger partial charge in [0.15, 0.2) is 5.82 Å². The molecule has 0 N–H and O–H groups in total. The average Bonchev–Trinajstić information content (AvgIpc) is 3.33. The number of halogens is 3. The number of hydrogen-bond acceptors (Lipinski definition) is 3. The monoisotopic (exact) mass is 398 g/mol. The van der Waals surface area contributed by atoms with Gasteiger partial charge < -0.3 is 0 Å². The van der Waals surface area contributed by atoms with Crippen molar-refractivity contribution in [3.05, 3.63) is 60.0 Å². The Morgan fingerprint density at radius 2 is 1.76 bits per heavy atom. The van der Waals surface area contributed by atoms with Crippen LogP contribution in [0.25, 0.3) is 17.2 Å². The van der Waals surface area contributed by atoms with Crippen LogP contribution in [0.1, 0.15) is 55.8 Å². The molecular formula is C22H21F3N4. The molecule has 3 aromatic rings. The molecule has 2 heterocycles. The first-order valence-electron chi connectivity index (χ1n) is 10.00. The third-order valence-corrected chi connectivity index (χ3v) is 6.31. The zero-order valence-corrected chi connectivity index (χ0v) is 15.9. The first-order chi connectivity index (χ1) is 13.9. The summed E-state index contributed by atoms with van der Waals surface area (Å²) in [5.41, 5.74) is 0.850. The molecule has 0 aliphatic heterocycles. The molecule has 0 radical (unpaired) electrons. The van der Waals surface area contributed by atoms with Gasteiger partial charge in [-0.1, -0.05) is 12.1 Å². The smallest absolute Gasteiger partial charge is 0.253 e. The van der Waals surface area contributed by atoms with E-state index < -0.39 is 11.7 Å². The van der Waals surface area contributed by atoms with E-state index in [0.29, 0.717) is 22.6 Å².